The highest BCUT2D eigenvalue weighted by Gasteiger charge is 2.41. The molecule has 2 heterocycles. The third kappa shape index (κ3) is 4.26. The molecule has 0 bridgehead atoms. The highest BCUT2D eigenvalue weighted by molar-refractivity contribution is 5.94. The summed E-state index contributed by atoms with van der Waals surface area (Å²) in [5, 5.41) is 2.76. The summed E-state index contributed by atoms with van der Waals surface area (Å²) in [6.45, 7) is 3.81. The Morgan fingerprint density at radius 2 is 1.88 bits per heavy atom. The minimum atomic E-state index is -1.17. The number of nitrogens with one attached hydrogen (secondary N) is 1. The first-order chi connectivity index (χ1) is 12.6. The van der Waals surface area contributed by atoms with Crippen LogP contribution in [-0.4, -0.2) is 60.2 Å². The molecule has 0 radical (unpaired) electrons. The van der Waals surface area contributed by atoms with Crippen LogP contribution in [0, 0.1) is 0 Å². The van der Waals surface area contributed by atoms with E-state index in [1.807, 2.05) is 6.92 Å². The molecule has 0 unspecified atom stereocenters. The number of carbonyl (C=O) groups is 2. The molecule has 2 aliphatic heterocycles. The summed E-state index contributed by atoms with van der Waals surface area (Å²) >= 11 is 0. The average Bonchev–Trinajstić information content (AvgIpc) is 3.05. The van der Waals surface area contributed by atoms with Gasteiger partial charge in [-0.3, -0.25) is 4.79 Å². The zero-order valence-corrected chi connectivity index (χ0v) is 15.1. The van der Waals surface area contributed by atoms with Crippen molar-refractivity contribution in [1.82, 2.24) is 9.80 Å². The summed E-state index contributed by atoms with van der Waals surface area (Å²) in [6, 6.07) is 5.82. The lowest BCUT2D eigenvalue weighted by Gasteiger charge is -2.32. The van der Waals surface area contributed by atoms with Crippen molar-refractivity contribution in [2.75, 3.05) is 31.6 Å². The minimum Gasteiger partial charge on any atom is -0.494 e. The van der Waals surface area contributed by atoms with E-state index in [0.717, 1.165) is 19.3 Å². The summed E-state index contributed by atoms with van der Waals surface area (Å²) in [4.78, 5) is 28.5. The van der Waals surface area contributed by atoms with Gasteiger partial charge in [-0.15, -0.1) is 0 Å². The fourth-order valence-electron chi connectivity index (χ4n) is 3.56. The number of anilines is 1. The first-order valence-corrected chi connectivity index (χ1v) is 9.32. The van der Waals surface area contributed by atoms with Crippen LogP contribution in [-0.2, 0) is 4.79 Å². The van der Waals surface area contributed by atoms with Crippen LogP contribution in [0.25, 0.3) is 0 Å². The molecule has 3 rings (SSSR count). The van der Waals surface area contributed by atoms with Crippen LogP contribution < -0.4 is 10.1 Å². The van der Waals surface area contributed by atoms with Crippen molar-refractivity contribution in [2.45, 2.75) is 44.8 Å². The van der Waals surface area contributed by atoms with Crippen LogP contribution in [0.3, 0.4) is 0 Å². The number of piperidine rings is 1. The highest BCUT2D eigenvalue weighted by Crippen LogP contribution is 2.25. The number of carbonyl (C=O) groups excluding carboxylic acids is 2. The summed E-state index contributed by atoms with van der Waals surface area (Å²) in [5.41, 5.74) is 0.588. The maximum atomic E-state index is 14.0. The molecule has 2 aliphatic rings. The molecule has 0 saturated carbocycles. The van der Waals surface area contributed by atoms with E-state index in [-0.39, 0.29) is 18.9 Å². The Morgan fingerprint density at radius 1 is 1.19 bits per heavy atom. The molecule has 1 aromatic carbocycles. The number of ether oxygens (including phenoxy) is 1. The summed E-state index contributed by atoms with van der Waals surface area (Å²) < 4.78 is 19.4. The van der Waals surface area contributed by atoms with Gasteiger partial charge in [0.25, 0.3) is 0 Å². The monoisotopic (exact) mass is 363 g/mol. The SMILES string of the molecule is CCOc1ccc(NC(=O)N2C[C@@H](F)C[C@H]2C(=O)N2CCCCC2)cc1. The second-order valence-electron chi connectivity index (χ2n) is 6.77. The minimum absolute atomic E-state index is 0.0485. The number of amides is 3. The number of halogens is 1. The zero-order chi connectivity index (χ0) is 18.5. The molecule has 26 heavy (non-hydrogen) atoms. The molecule has 142 valence electrons. The van der Waals surface area contributed by atoms with Crippen molar-refractivity contribution >= 4 is 17.6 Å². The number of rotatable bonds is 4. The van der Waals surface area contributed by atoms with Gasteiger partial charge in [0.15, 0.2) is 0 Å². The highest BCUT2D eigenvalue weighted by atomic mass is 19.1. The second kappa shape index (κ2) is 8.38. The molecule has 2 fully saturated rings. The maximum absolute atomic E-state index is 14.0. The van der Waals surface area contributed by atoms with Gasteiger partial charge in [-0.05, 0) is 50.5 Å². The van der Waals surface area contributed by atoms with Crippen molar-refractivity contribution in [3.63, 3.8) is 0 Å². The lowest BCUT2D eigenvalue weighted by atomic mass is 10.1. The van der Waals surface area contributed by atoms with E-state index in [0.29, 0.717) is 31.1 Å². The van der Waals surface area contributed by atoms with Gasteiger partial charge in [0.1, 0.15) is 18.0 Å². The van der Waals surface area contributed by atoms with Gasteiger partial charge in [0.05, 0.1) is 13.2 Å². The number of nitrogens with zero attached hydrogens (tertiary/aromatic N) is 2. The van der Waals surface area contributed by atoms with Gasteiger partial charge >= 0.3 is 6.03 Å². The van der Waals surface area contributed by atoms with Crippen LogP contribution in [0.15, 0.2) is 24.3 Å². The van der Waals surface area contributed by atoms with Crippen molar-refractivity contribution in [1.29, 1.82) is 0 Å². The fourth-order valence-corrected chi connectivity index (χ4v) is 3.56. The number of benzene rings is 1. The van der Waals surface area contributed by atoms with Gasteiger partial charge in [0.2, 0.25) is 5.91 Å². The third-order valence-electron chi connectivity index (χ3n) is 4.88. The van der Waals surface area contributed by atoms with E-state index >= 15 is 0 Å². The molecule has 3 amide bonds. The Morgan fingerprint density at radius 3 is 2.54 bits per heavy atom. The molecule has 0 spiro atoms. The van der Waals surface area contributed by atoms with Crippen LogP contribution >= 0.6 is 0 Å². The number of alkyl halides is 1. The Bertz CT molecular complexity index is 631. The van der Waals surface area contributed by atoms with E-state index in [2.05, 4.69) is 5.32 Å². The van der Waals surface area contributed by atoms with Crippen molar-refractivity contribution in [3.8, 4) is 5.75 Å². The normalized spacial score (nSPS) is 23.0. The molecule has 6 nitrogen and oxygen atoms in total. The van der Waals surface area contributed by atoms with Crippen molar-refractivity contribution in [3.05, 3.63) is 24.3 Å². The standard InChI is InChI=1S/C19H26FN3O3/c1-2-26-16-8-6-15(7-9-16)21-19(25)23-13-14(20)12-17(23)18(24)22-10-4-3-5-11-22/h6-9,14,17H,2-5,10-13H2,1H3,(H,21,25)/t14-,17-/m0/s1. The van der Waals surface area contributed by atoms with E-state index in [9.17, 15) is 14.0 Å². The van der Waals surface area contributed by atoms with E-state index in [1.165, 1.54) is 4.90 Å². The van der Waals surface area contributed by atoms with Crippen molar-refractivity contribution in [2.24, 2.45) is 0 Å². The predicted molar refractivity (Wildman–Crippen MR) is 97.1 cm³/mol. The van der Waals surface area contributed by atoms with Gasteiger partial charge in [-0.1, -0.05) is 0 Å². The summed E-state index contributed by atoms with van der Waals surface area (Å²) in [5.74, 6) is 0.584. The lowest BCUT2D eigenvalue weighted by molar-refractivity contribution is -0.136. The molecule has 0 aromatic heterocycles. The summed E-state index contributed by atoms with van der Waals surface area (Å²) in [6.07, 6.45) is 1.96. The van der Waals surface area contributed by atoms with Gasteiger partial charge < -0.3 is 19.9 Å². The Labute approximate surface area is 153 Å². The van der Waals surface area contributed by atoms with Gasteiger partial charge in [-0.2, -0.15) is 0 Å². The topological polar surface area (TPSA) is 61.9 Å². The van der Waals surface area contributed by atoms with Gasteiger partial charge in [-0.25, -0.2) is 9.18 Å². The second-order valence-corrected chi connectivity index (χ2v) is 6.77. The molecule has 0 aliphatic carbocycles. The van der Waals surface area contributed by atoms with Crippen molar-refractivity contribution < 1.29 is 18.7 Å². The molecule has 1 N–H and O–H groups in total. The van der Waals surface area contributed by atoms with Crippen LogP contribution in [0.4, 0.5) is 14.9 Å². The molecular formula is C19H26FN3O3. The average molecular weight is 363 g/mol. The molecule has 1 aromatic rings. The van der Waals surface area contributed by atoms with E-state index in [4.69, 9.17) is 4.74 Å². The number of likely N-dealkylation sites (tertiary alicyclic amines) is 2. The number of urea groups is 1. The molecule has 2 saturated heterocycles. The maximum Gasteiger partial charge on any atom is 0.322 e. The largest absolute Gasteiger partial charge is 0.494 e. The first-order valence-electron chi connectivity index (χ1n) is 9.32. The molecule has 7 heteroatoms. The molecule has 2 atom stereocenters. The van der Waals surface area contributed by atoms with Crippen LogP contribution in [0.1, 0.15) is 32.6 Å². The summed E-state index contributed by atoms with van der Waals surface area (Å²) in [7, 11) is 0. The Hall–Kier alpha value is -2.31. The fraction of sp³-hybridized carbons (Fsp3) is 0.579. The smallest absolute Gasteiger partial charge is 0.322 e. The zero-order valence-electron chi connectivity index (χ0n) is 15.1. The predicted octanol–water partition coefficient (Wildman–Crippen LogP) is 3.04. The number of hydrogen-bond acceptors (Lipinski definition) is 3. The molecular weight excluding hydrogens is 337 g/mol. The van der Waals surface area contributed by atoms with E-state index < -0.39 is 18.2 Å². The van der Waals surface area contributed by atoms with Gasteiger partial charge in [0, 0.05) is 25.2 Å². The Kier molecular flexibility index (Phi) is 5.96. The first kappa shape index (κ1) is 18.5. The Balaban J connectivity index is 1.65. The van der Waals surface area contributed by atoms with E-state index in [1.54, 1.807) is 29.2 Å². The number of hydrogen-bond donors (Lipinski definition) is 1. The quantitative estimate of drug-likeness (QED) is 0.894. The third-order valence-corrected chi connectivity index (χ3v) is 4.88. The van der Waals surface area contributed by atoms with Crippen LogP contribution in [0.2, 0.25) is 0 Å². The van der Waals surface area contributed by atoms with Crippen LogP contribution in [0.5, 0.6) is 5.75 Å². The lowest BCUT2D eigenvalue weighted by Crippen LogP contribution is -2.50.